The summed E-state index contributed by atoms with van der Waals surface area (Å²) < 4.78 is 2.28. The Hall–Kier alpha value is -2.48. The van der Waals surface area contributed by atoms with E-state index in [1.54, 1.807) is 20.8 Å². The third-order valence-electron chi connectivity index (χ3n) is 3.54. The van der Waals surface area contributed by atoms with Crippen molar-refractivity contribution in [2.24, 2.45) is 19.8 Å². The lowest BCUT2D eigenvalue weighted by Crippen LogP contribution is -2.45. The molecule has 0 bridgehead atoms. The van der Waals surface area contributed by atoms with Crippen LogP contribution in [0.1, 0.15) is 29.9 Å². The highest BCUT2D eigenvalue weighted by Crippen LogP contribution is 2.12. The topological polar surface area (TPSA) is 112 Å². The van der Waals surface area contributed by atoms with Crippen LogP contribution in [0.15, 0.2) is 15.7 Å². The lowest BCUT2D eigenvalue weighted by atomic mass is 10.1. The fourth-order valence-corrected chi connectivity index (χ4v) is 2.25. The monoisotopic (exact) mass is 319 g/mol. The average molecular weight is 319 g/mol. The summed E-state index contributed by atoms with van der Waals surface area (Å²) in [6.07, 6.45) is 0. The fraction of sp³-hybridized carbons (Fsp3) is 0.467. The number of fused-ring (bicyclic) bond motifs is 1. The van der Waals surface area contributed by atoms with Crippen molar-refractivity contribution in [2.75, 3.05) is 6.54 Å². The predicted molar refractivity (Wildman–Crippen MR) is 87.6 cm³/mol. The molecule has 2 aromatic heterocycles. The molecule has 0 aliphatic heterocycles. The minimum absolute atomic E-state index is 0.141. The Morgan fingerprint density at radius 2 is 1.91 bits per heavy atom. The van der Waals surface area contributed by atoms with Crippen LogP contribution in [0.5, 0.6) is 0 Å². The van der Waals surface area contributed by atoms with Crippen LogP contribution in [0.3, 0.4) is 0 Å². The minimum atomic E-state index is -0.551. The Morgan fingerprint density at radius 1 is 1.30 bits per heavy atom. The molecular weight excluding hydrogens is 298 g/mol. The molecular formula is C15H21N5O3. The average Bonchev–Trinajstić information content (AvgIpc) is 2.46. The molecule has 124 valence electrons. The molecule has 0 atom stereocenters. The van der Waals surface area contributed by atoms with Crippen LogP contribution < -0.4 is 22.3 Å². The Morgan fingerprint density at radius 3 is 2.48 bits per heavy atom. The van der Waals surface area contributed by atoms with Crippen molar-refractivity contribution >= 4 is 16.9 Å². The first kappa shape index (κ1) is 16.9. The van der Waals surface area contributed by atoms with Gasteiger partial charge < -0.3 is 11.1 Å². The molecule has 0 saturated heterocycles. The zero-order valence-electron chi connectivity index (χ0n) is 13.9. The number of nitrogens with two attached hydrogens (primary N) is 1. The number of hydrogen-bond acceptors (Lipinski definition) is 5. The van der Waals surface area contributed by atoms with E-state index in [4.69, 9.17) is 5.73 Å². The molecule has 1 amide bonds. The lowest BCUT2D eigenvalue weighted by Gasteiger charge is -2.19. The predicted octanol–water partition coefficient (Wildman–Crippen LogP) is -0.592. The van der Waals surface area contributed by atoms with Crippen LogP contribution in [-0.2, 0) is 14.1 Å². The van der Waals surface area contributed by atoms with E-state index in [-0.39, 0.29) is 17.9 Å². The number of carbonyl (C=O) groups is 1. The molecule has 2 rings (SSSR count). The van der Waals surface area contributed by atoms with E-state index in [9.17, 15) is 14.4 Å². The molecule has 0 aliphatic rings. The number of hydrogen-bond donors (Lipinski definition) is 2. The van der Waals surface area contributed by atoms with E-state index >= 15 is 0 Å². The quantitative estimate of drug-likeness (QED) is 0.785. The standard InChI is InChI=1S/C15H21N5O3/c1-8-6-9(12(21)17-7-15(2,3)16)18-11-10(8)13(22)20(5)14(23)19(11)4/h6H,7,16H2,1-5H3,(H,17,21). The molecule has 2 aromatic rings. The largest absolute Gasteiger partial charge is 0.349 e. The van der Waals surface area contributed by atoms with Gasteiger partial charge in [0.25, 0.3) is 11.5 Å². The van der Waals surface area contributed by atoms with Crippen molar-refractivity contribution in [1.82, 2.24) is 19.4 Å². The summed E-state index contributed by atoms with van der Waals surface area (Å²) in [6, 6.07) is 1.53. The SMILES string of the molecule is Cc1cc(C(=O)NCC(C)(C)N)nc2c1c(=O)n(C)c(=O)n2C. The zero-order valence-corrected chi connectivity index (χ0v) is 13.9. The van der Waals surface area contributed by atoms with E-state index in [0.717, 1.165) is 4.57 Å². The minimum Gasteiger partial charge on any atom is -0.349 e. The maximum Gasteiger partial charge on any atom is 0.332 e. The molecule has 0 fully saturated rings. The number of amides is 1. The Bertz CT molecular complexity index is 902. The summed E-state index contributed by atoms with van der Waals surface area (Å²) in [5, 5.41) is 3.02. The number of pyridine rings is 1. The molecule has 0 radical (unpaired) electrons. The van der Waals surface area contributed by atoms with Gasteiger partial charge in [-0.15, -0.1) is 0 Å². The third-order valence-corrected chi connectivity index (χ3v) is 3.54. The lowest BCUT2D eigenvalue weighted by molar-refractivity contribution is 0.0941. The number of aryl methyl sites for hydroxylation is 2. The van der Waals surface area contributed by atoms with Crippen molar-refractivity contribution < 1.29 is 4.79 Å². The van der Waals surface area contributed by atoms with E-state index in [1.165, 1.54) is 24.7 Å². The number of nitrogens with one attached hydrogen (secondary N) is 1. The number of carbonyl (C=O) groups excluding carboxylic acids is 1. The van der Waals surface area contributed by atoms with Crippen molar-refractivity contribution in [2.45, 2.75) is 26.3 Å². The normalized spacial score (nSPS) is 11.7. The van der Waals surface area contributed by atoms with Gasteiger partial charge in [0.1, 0.15) is 11.3 Å². The molecule has 23 heavy (non-hydrogen) atoms. The second kappa shape index (κ2) is 5.62. The summed E-state index contributed by atoms with van der Waals surface area (Å²) >= 11 is 0. The van der Waals surface area contributed by atoms with Gasteiger partial charge in [0.15, 0.2) is 0 Å². The molecule has 0 aromatic carbocycles. The smallest absolute Gasteiger partial charge is 0.332 e. The first-order valence-electron chi connectivity index (χ1n) is 7.17. The maximum absolute atomic E-state index is 12.3. The van der Waals surface area contributed by atoms with Gasteiger partial charge in [0.2, 0.25) is 0 Å². The molecule has 3 N–H and O–H groups in total. The van der Waals surface area contributed by atoms with Crippen LogP contribution in [0, 0.1) is 6.92 Å². The number of aromatic nitrogens is 3. The van der Waals surface area contributed by atoms with Gasteiger partial charge in [-0.25, -0.2) is 9.78 Å². The van der Waals surface area contributed by atoms with Gasteiger partial charge in [-0.05, 0) is 32.4 Å². The van der Waals surface area contributed by atoms with Gasteiger partial charge in [-0.1, -0.05) is 0 Å². The van der Waals surface area contributed by atoms with Crippen molar-refractivity contribution in [3.8, 4) is 0 Å². The summed E-state index contributed by atoms with van der Waals surface area (Å²) in [5.74, 6) is -0.401. The molecule has 0 unspecified atom stereocenters. The van der Waals surface area contributed by atoms with E-state index in [2.05, 4.69) is 10.3 Å². The Labute approximate surface area is 132 Å². The van der Waals surface area contributed by atoms with Crippen LogP contribution >= 0.6 is 0 Å². The van der Waals surface area contributed by atoms with Crippen LogP contribution in [-0.4, -0.2) is 32.1 Å². The second-order valence-corrected chi connectivity index (χ2v) is 6.40. The highest BCUT2D eigenvalue weighted by Gasteiger charge is 2.18. The number of nitrogens with zero attached hydrogens (tertiary/aromatic N) is 3. The third kappa shape index (κ3) is 3.16. The molecule has 0 spiro atoms. The van der Waals surface area contributed by atoms with E-state index in [0.29, 0.717) is 10.9 Å². The molecule has 0 aliphatic carbocycles. The van der Waals surface area contributed by atoms with Crippen LogP contribution in [0.2, 0.25) is 0 Å². The van der Waals surface area contributed by atoms with Gasteiger partial charge in [0.05, 0.1) is 5.39 Å². The molecule has 2 heterocycles. The van der Waals surface area contributed by atoms with Crippen LogP contribution in [0.4, 0.5) is 0 Å². The molecule has 8 heteroatoms. The van der Waals surface area contributed by atoms with E-state index in [1.807, 2.05) is 0 Å². The molecule has 0 saturated carbocycles. The summed E-state index contributed by atoms with van der Waals surface area (Å²) in [4.78, 5) is 40.7. The van der Waals surface area contributed by atoms with Gasteiger partial charge in [-0.3, -0.25) is 18.7 Å². The van der Waals surface area contributed by atoms with Crippen molar-refractivity contribution in [1.29, 1.82) is 0 Å². The Balaban J connectivity index is 2.60. The van der Waals surface area contributed by atoms with E-state index < -0.39 is 22.7 Å². The summed E-state index contributed by atoms with van der Waals surface area (Å²) in [7, 11) is 2.93. The van der Waals surface area contributed by atoms with Crippen LogP contribution in [0.25, 0.3) is 11.0 Å². The van der Waals surface area contributed by atoms with Gasteiger partial charge in [-0.2, -0.15) is 0 Å². The zero-order chi connectivity index (χ0) is 17.5. The second-order valence-electron chi connectivity index (χ2n) is 6.40. The Kier molecular flexibility index (Phi) is 4.12. The summed E-state index contributed by atoms with van der Waals surface area (Å²) in [6.45, 7) is 5.57. The van der Waals surface area contributed by atoms with Crippen molar-refractivity contribution in [3.63, 3.8) is 0 Å². The first-order chi connectivity index (χ1) is 10.5. The highest BCUT2D eigenvalue weighted by molar-refractivity contribution is 5.95. The number of rotatable bonds is 3. The fourth-order valence-electron chi connectivity index (χ4n) is 2.25. The van der Waals surface area contributed by atoms with Gasteiger partial charge in [0, 0.05) is 26.2 Å². The van der Waals surface area contributed by atoms with Gasteiger partial charge >= 0.3 is 5.69 Å². The highest BCUT2D eigenvalue weighted by atomic mass is 16.2. The first-order valence-corrected chi connectivity index (χ1v) is 7.17. The molecule has 8 nitrogen and oxygen atoms in total. The summed E-state index contributed by atoms with van der Waals surface area (Å²) in [5.41, 5.74) is 5.29. The van der Waals surface area contributed by atoms with Crippen molar-refractivity contribution in [3.05, 3.63) is 38.2 Å². The maximum atomic E-state index is 12.3.